The quantitative estimate of drug-likeness (QED) is 0.676. The minimum atomic E-state index is -0.209. The van der Waals surface area contributed by atoms with Gasteiger partial charge in [0, 0.05) is 25.7 Å². The molecule has 18 heavy (non-hydrogen) atoms. The molecule has 1 aromatic heterocycles. The Labute approximate surface area is 110 Å². The summed E-state index contributed by atoms with van der Waals surface area (Å²) in [6.45, 7) is 5.59. The number of hydrogen-bond donors (Lipinski definition) is 3. The lowest BCUT2D eigenvalue weighted by atomic mass is 10.3. The van der Waals surface area contributed by atoms with E-state index in [1.54, 1.807) is 6.08 Å². The summed E-state index contributed by atoms with van der Waals surface area (Å²) in [5.41, 5.74) is 11.6. The SMILES string of the molecule is C=CCNC(=O)c1sc(N2CCC(N)C2)nc1N. The second-order valence-electron chi connectivity index (χ2n) is 4.20. The van der Waals surface area contributed by atoms with Crippen LogP contribution in [0.25, 0.3) is 0 Å². The molecule has 2 heterocycles. The van der Waals surface area contributed by atoms with E-state index in [-0.39, 0.29) is 17.8 Å². The van der Waals surface area contributed by atoms with E-state index in [1.807, 2.05) is 0 Å². The van der Waals surface area contributed by atoms with Gasteiger partial charge in [0.15, 0.2) is 5.13 Å². The number of nitrogen functional groups attached to an aromatic ring is 1. The Morgan fingerprint density at radius 2 is 2.50 bits per heavy atom. The maximum absolute atomic E-state index is 11.8. The van der Waals surface area contributed by atoms with E-state index in [2.05, 4.69) is 21.8 Å². The number of nitrogens with zero attached hydrogens (tertiary/aromatic N) is 2. The third-order valence-electron chi connectivity index (χ3n) is 2.75. The van der Waals surface area contributed by atoms with Gasteiger partial charge in [0.1, 0.15) is 10.7 Å². The van der Waals surface area contributed by atoms with Crippen LogP contribution in [0.15, 0.2) is 12.7 Å². The summed E-state index contributed by atoms with van der Waals surface area (Å²) in [5, 5.41) is 3.46. The average Bonchev–Trinajstić information content (AvgIpc) is 2.92. The van der Waals surface area contributed by atoms with E-state index in [0.29, 0.717) is 11.4 Å². The molecule has 7 heteroatoms. The summed E-state index contributed by atoms with van der Waals surface area (Å²) in [6.07, 6.45) is 2.56. The van der Waals surface area contributed by atoms with E-state index < -0.39 is 0 Å². The molecule has 5 N–H and O–H groups in total. The van der Waals surface area contributed by atoms with Crippen molar-refractivity contribution in [3.63, 3.8) is 0 Å². The normalized spacial score (nSPS) is 18.9. The molecule has 0 saturated carbocycles. The molecular weight excluding hydrogens is 250 g/mol. The highest BCUT2D eigenvalue weighted by Crippen LogP contribution is 2.29. The lowest BCUT2D eigenvalue weighted by Gasteiger charge is -2.12. The van der Waals surface area contributed by atoms with Crippen molar-refractivity contribution in [2.75, 3.05) is 30.3 Å². The minimum Gasteiger partial charge on any atom is -0.382 e. The Morgan fingerprint density at radius 1 is 1.72 bits per heavy atom. The summed E-state index contributed by atoms with van der Waals surface area (Å²) in [4.78, 5) is 18.6. The predicted molar refractivity (Wildman–Crippen MR) is 73.9 cm³/mol. The van der Waals surface area contributed by atoms with E-state index in [9.17, 15) is 4.79 Å². The fraction of sp³-hybridized carbons (Fsp3) is 0.455. The maximum atomic E-state index is 11.8. The summed E-state index contributed by atoms with van der Waals surface area (Å²) < 4.78 is 0. The third kappa shape index (κ3) is 2.62. The molecule has 0 radical (unpaired) electrons. The maximum Gasteiger partial charge on any atom is 0.265 e. The highest BCUT2D eigenvalue weighted by Gasteiger charge is 2.24. The monoisotopic (exact) mass is 267 g/mol. The highest BCUT2D eigenvalue weighted by atomic mass is 32.1. The van der Waals surface area contributed by atoms with Crippen molar-refractivity contribution in [1.82, 2.24) is 10.3 Å². The molecular formula is C11H17N5OS. The number of amides is 1. The fourth-order valence-corrected chi connectivity index (χ4v) is 2.76. The Kier molecular flexibility index (Phi) is 3.83. The molecule has 1 aliphatic rings. The summed E-state index contributed by atoms with van der Waals surface area (Å²) in [5.74, 6) is 0.0664. The molecule has 1 aliphatic heterocycles. The van der Waals surface area contributed by atoms with Crippen molar-refractivity contribution in [3.8, 4) is 0 Å². The van der Waals surface area contributed by atoms with E-state index >= 15 is 0 Å². The Morgan fingerprint density at radius 3 is 3.11 bits per heavy atom. The molecule has 1 amide bonds. The van der Waals surface area contributed by atoms with Crippen LogP contribution in [0, 0.1) is 0 Å². The van der Waals surface area contributed by atoms with Crippen molar-refractivity contribution >= 4 is 28.2 Å². The molecule has 2 rings (SSSR count). The Hall–Kier alpha value is -1.60. The van der Waals surface area contributed by atoms with Crippen molar-refractivity contribution < 1.29 is 4.79 Å². The molecule has 0 aromatic carbocycles. The number of aromatic nitrogens is 1. The van der Waals surface area contributed by atoms with Gasteiger partial charge in [0.25, 0.3) is 5.91 Å². The van der Waals surface area contributed by atoms with Gasteiger partial charge in [0.05, 0.1) is 0 Å². The zero-order valence-electron chi connectivity index (χ0n) is 10.1. The number of hydrogen-bond acceptors (Lipinski definition) is 6. The third-order valence-corrected chi connectivity index (χ3v) is 3.88. The first-order chi connectivity index (χ1) is 8.61. The van der Waals surface area contributed by atoms with Crippen LogP contribution in [-0.2, 0) is 0 Å². The molecule has 98 valence electrons. The van der Waals surface area contributed by atoms with Crippen LogP contribution < -0.4 is 21.7 Å². The number of rotatable bonds is 4. The molecule has 0 spiro atoms. The highest BCUT2D eigenvalue weighted by molar-refractivity contribution is 7.18. The van der Waals surface area contributed by atoms with E-state index in [1.165, 1.54) is 11.3 Å². The zero-order valence-corrected chi connectivity index (χ0v) is 10.9. The van der Waals surface area contributed by atoms with Crippen LogP contribution in [0.2, 0.25) is 0 Å². The molecule has 1 aromatic rings. The first kappa shape index (κ1) is 12.8. The van der Waals surface area contributed by atoms with Gasteiger partial charge in [-0.05, 0) is 6.42 Å². The Balaban J connectivity index is 2.11. The summed E-state index contributed by atoms with van der Waals surface area (Å²) in [7, 11) is 0. The van der Waals surface area contributed by atoms with Crippen LogP contribution >= 0.6 is 11.3 Å². The van der Waals surface area contributed by atoms with Crippen molar-refractivity contribution in [2.24, 2.45) is 5.73 Å². The van der Waals surface area contributed by atoms with Crippen LogP contribution in [0.1, 0.15) is 16.1 Å². The molecule has 6 nitrogen and oxygen atoms in total. The fourth-order valence-electron chi connectivity index (χ4n) is 1.82. The topological polar surface area (TPSA) is 97.3 Å². The second-order valence-corrected chi connectivity index (χ2v) is 5.18. The van der Waals surface area contributed by atoms with Gasteiger partial charge in [-0.15, -0.1) is 6.58 Å². The Bertz CT molecular complexity index is 458. The van der Waals surface area contributed by atoms with Crippen LogP contribution in [0.4, 0.5) is 10.9 Å². The van der Waals surface area contributed by atoms with Crippen LogP contribution in [0.3, 0.4) is 0 Å². The number of nitrogens with one attached hydrogen (secondary N) is 1. The van der Waals surface area contributed by atoms with E-state index in [4.69, 9.17) is 11.5 Å². The lowest BCUT2D eigenvalue weighted by Crippen LogP contribution is -2.26. The van der Waals surface area contributed by atoms with Gasteiger partial charge in [-0.25, -0.2) is 4.98 Å². The van der Waals surface area contributed by atoms with Crippen LogP contribution in [0.5, 0.6) is 0 Å². The molecule has 1 fully saturated rings. The smallest absolute Gasteiger partial charge is 0.265 e. The van der Waals surface area contributed by atoms with Crippen molar-refractivity contribution in [1.29, 1.82) is 0 Å². The standard InChI is InChI=1S/C11H17N5OS/c1-2-4-14-10(17)8-9(13)15-11(18-8)16-5-3-7(12)6-16/h2,7H,1,3-6,12-13H2,(H,14,17). The van der Waals surface area contributed by atoms with Gasteiger partial charge >= 0.3 is 0 Å². The second kappa shape index (κ2) is 5.36. The summed E-state index contributed by atoms with van der Waals surface area (Å²) in [6, 6.07) is 0.174. The van der Waals surface area contributed by atoms with Gasteiger partial charge in [-0.2, -0.15) is 0 Å². The summed E-state index contributed by atoms with van der Waals surface area (Å²) >= 11 is 1.31. The van der Waals surface area contributed by atoms with E-state index in [0.717, 1.165) is 24.6 Å². The largest absolute Gasteiger partial charge is 0.382 e. The zero-order chi connectivity index (χ0) is 13.1. The molecule has 0 aliphatic carbocycles. The van der Waals surface area contributed by atoms with Gasteiger partial charge in [-0.3, -0.25) is 4.79 Å². The number of carbonyl (C=O) groups is 1. The molecule has 0 bridgehead atoms. The first-order valence-corrected chi connectivity index (χ1v) is 6.59. The van der Waals surface area contributed by atoms with Gasteiger partial charge < -0.3 is 21.7 Å². The van der Waals surface area contributed by atoms with Gasteiger partial charge in [0.2, 0.25) is 0 Å². The van der Waals surface area contributed by atoms with Gasteiger partial charge in [-0.1, -0.05) is 17.4 Å². The molecule has 1 saturated heterocycles. The minimum absolute atomic E-state index is 0.174. The average molecular weight is 267 g/mol. The first-order valence-electron chi connectivity index (χ1n) is 5.77. The molecule has 1 atom stereocenters. The number of carbonyl (C=O) groups excluding carboxylic acids is 1. The van der Waals surface area contributed by atoms with Crippen molar-refractivity contribution in [2.45, 2.75) is 12.5 Å². The predicted octanol–water partition coefficient (Wildman–Crippen LogP) is 0.179. The lowest BCUT2D eigenvalue weighted by molar-refractivity contribution is 0.0962. The van der Waals surface area contributed by atoms with Crippen molar-refractivity contribution in [3.05, 3.63) is 17.5 Å². The molecule has 1 unspecified atom stereocenters. The number of anilines is 2. The number of nitrogens with two attached hydrogens (primary N) is 2. The van der Waals surface area contributed by atoms with Crippen LogP contribution in [-0.4, -0.2) is 36.6 Å². The number of thiazole rings is 1.